The van der Waals surface area contributed by atoms with Crippen molar-refractivity contribution in [2.75, 3.05) is 11.9 Å². The quantitative estimate of drug-likeness (QED) is 0.278. The highest BCUT2D eigenvalue weighted by Crippen LogP contribution is 2.39. The van der Waals surface area contributed by atoms with Crippen LogP contribution in [0.5, 0.6) is 5.75 Å². The van der Waals surface area contributed by atoms with Gasteiger partial charge in [0.1, 0.15) is 11.6 Å². The molecule has 5 aromatic rings. The summed E-state index contributed by atoms with van der Waals surface area (Å²) in [4.78, 5) is 16.1. The molecule has 3 heterocycles. The van der Waals surface area contributed by atoms with Crippen molar-refractivity contribution in [3.8, 4) is 17.3 Å². The molecule has 2 amide bonds. The van der Waals surface area contributed by atoms with Gasteiger partial charge < -0.3 is 19.5 Å². The monoisotopic (exact) mass is 517 g/mol. The van der Waals surface area contributed by atoms with Crippen molar-refractivity contribution in [2.45, 2.75) is 33.4 Å². The van der Waals surface area contributed by atoms with Gasteiger partial charge in [0.25, 0.3) is 0 Å². The smallest absolute Gasteiger partial charge is 0.323 e. The second kappa shape index (κ2) is 10.2. The summed E-state index contributed by atoms with van der Waals surface area (Å²) < 4.78 is 9.95. The lowest BCUT2D eigenvalue weighted by molar-refractivity contribution is 0.194. The average Bonchev–Trinajstić information content (AvgIpc) is 3.50. The maximum atomic E-state index is 14.2. The molecule has 2 aromatic heterocycles. The van der Waals surface area contributed by atoms with Crippen molar-refractivity contribution in [1.29, 1.82) is 0 Å². The zero-order chi connectivity index (χ0) is 26.9. The van der Waals surface area contributed by atoms with E-state index in [4.69, 9.17) is 9.84 Å². The van der Waals surface area contributed by atoms with Crippen molar-refractivity contribution in [3.63, 3.8) is 0 Å². The number of aryl methyl sites for hydroxylation is 2. The third kappa shape index (κ3) is 4.46. The third-order valence-electron chi connectivity index (χ3n) is 7.13. The van der Waals surface area contributed by atoms with Gasteiger partial charge in [-0.3, -0.25) is 0 Å². The number of carbonyl (C=O) groups is 1. The maximum absolute atomic E-state index is 14.2. The van der Waals surface area contributed by atoms with E-state index in [-0.39, 0.29) is 12.1 Å². The van der Waals surface area contributed by atoms with Gasteiger partial charge in [0, 0.05) is 11.8 Å². The predicted molar refractivity (Wildman–Crippen MR) is 153 cm³/mol. The standard InChI is InChI=1S/C32H31N5O2/c1-4-39-29-18-9-8-16-27(29)33-32(38)36-21-26-23(3)34-37(25-14-6-5-7-15-25)31(26)35-19-11-17-28(35)30(36)24-13-10-12-22(2)20-24/h5-20,30H,4,21H2,1-3H3,(H,33,38)/t30-/m1/s1. The Morgan fingerprint density at radius 3 is 2.56 bits per heavy atom. The molecule has 196 valence electrons. The van der Waals surface area contributed by atoms with E-state index in [2.05, 4.69) is 47.3 Å². The number of nitrogens with one attached hydrogen (secondary N) is 1. The Morgan fingerprint density at radius 2 is 1.77 bits per heavy atom. The van der Waals surface area contributed by atoms with E-state index in [0.29, 0.717) is 24.6 Å². The normalized spacial score (nSPS) is 14.3. The van der Waals surface area contributed by atoms with Gasteiger partial charge in [-0.15, -0.1) is 0 Å². The molecule has 0 spiro atoms. The fourth-order valence-corrected chi connectivity index (χ4v) is 5.38. The first-order valence-corrected chi connectivity index (χ1v) is 13.2. The first-order chi connectivity index (χ1) is 19.0. The van der Waals surface area contributed by atoms with Crippen LogP contribution in [0.4, 0.5) is 10.5 Å². The van der Waals surface area contributed by atoms with Crippen molar-refractivity contribution in [2.24, 2.45) is 0 Å². The summed E-state index contributed by atoms with van der Waals surface area (Å²) in [5.74, 6) is 1.59. The molecule has 0 fully saturated rings. The van der Waals surface area contributed by atoms with Crippen LogP contribution < -0.4 is 10.1 Å². The molecule has 0 saturated carbocycles. The Bertz CT molecular complexity index is 1640. The highest BCUT2D eigenvalue weighted by molar-refractivity contribution is 5.91. The van der Waals surface area contributed by atoms with Gasteiger partial charge in [-0.2, -0.15) is 5.10 Å². The van der Waals surface area contributed by atoms with Crippen LogP contribution in [-0.4, -0.2) is 31.9 Å². The van der Waals surface area contributed by atoms with Gasteiger partial charge in [0.05, 0.1) is 42.0 Å². The van der Waals surface area contributed by atoms with Gasteiger partial charge in [-0.1, -0.05) is 60.2 Å². The highest BCUT2D eigenvalue weighted by atomic mass is 16.5. The Labute approximate surface area is 228 Å². The van der Waals surface area contributed by atoms with Crippen LogP contribution in [0.1, 0.15) is 41.0 Å². The lowest BCUT2D eigenvalue weighted by Gasteiger charge is -2.31. The van der Waals surface area contributed by atoms with Gasteiger partial charge >= 0.3 is 6.03 Å². The van der Waals surface area contributed by atoms with Crippen molar-refractivity contribution in [1.82, 2.24) is 19.2 Å². The van der Waals surface area contributed by atoms with Crippen LogP contribution in [0.15, 0.2) is 97.2 Å². The second-order valence-corrected chi connectivity index (χ2v) is 9.74. The van der Waals surface area contributed by atoms with Crippen LogP contribution in [0.25, 0.3) is 11.5 Å². The van der Waals surface area contributed by atoms with Crippen molar-refractivity contribution >= 4 is 11.7 Å². The van der Waals surface area contributed by atoms with Crippen LogP contribution >= 0.6 is 0 Å². The van der Waals surface area contributed by atoms with E-state index >= 15 is 0 Å². The average molecular weight is 518 g/mol. The first kappa shape index (κ1) is 24.6. The molecule has 7 heteroatoms. The lowest BCUT2D eigenvalue weighted by atomic mass is 10.00. The van der Waals surface area contributed by atoms with Gasteiger partial charge in [-0.05, 0) is 62.7 Å². The Kier molecular flexibility index (Phi) is 6.40. The van der Waals surface area contributed by atoms with E-state index in [1.54, 1.807) is 0 Å². The fraction of sp³-hybridized carbons (Fsp3) is 0.188. The minimum absolute atomic E-state index is 0.207. The molecule has 39 heavy (non-hydrogen) atoms. The number of anilines is 1. The topological polar surface area (TPSA) is 64.3 Å². The molecule has 1 aliphatic heterocycles. The molecular weight excluding hydrogens is 486 g/mol. The number of urea groups is 1. The molecule has 6 rings (SSSR count). The number of nitrogens with zero attached hydrogens (tertiary/aromatic N) is 4. The van der Waals surface area contributed by atoms with Crippen LogP contribution in [0.3, 0.4) is 0 Å². The van der Waals surface area contributed by atoms with E-state index < -0.39 is 0 Å². The number of carbonyl (C=O) groups excluding carboxylic acids is 1. The molecule has 0 saturated heterocycles. The zero-order valence-electron chi connectivity index (χ0n) is 22.3. The number of rotatable bonds is 5. The van der Waals surface area contributed by atoms with Gasteiger partial charge in [-0.25, -0.2) is 9.48 Å². The summed E-state index contributed by atoms with van der Waals surface area (Å²) in [5, 5.41) is 8.07. The minimum atomic E-state index is -0.324. The van der Waals surface area contributed by atoms with Crippen LogP contribution in [0, 0.1) is 13.8 Å². The number of para-hydroxylation sites is 3. The van der Waals surface area contributed by atoms with E-state index in [0.717, 1.165) is 39.6 Å². The number of hydrogen-bond donors (Lipinski definition) is 1. The van der Waals surface area contributed by atoms with Gasteiger partial charge in [0.2, 0.25) is 0 Å². The lowest BCUT2D eigenvalue weighted by Crippen LogP contribution is -2.38. The zero-order valence-corrected chi connectivity index (χ0v) is 22.3. The minimum Gasteiger partial charge on any atom is -0.492 e. The summed E-state index contributed by atoms with van der Waals surface area (Å²) >= 11 is 0. The third-order valence-corrected chi connectivity index (χ3v) is 7.13. The summed E-state index contributed by atoms with van der Waals surface area (Å²) in [6, 6.07) is 29.6. The molecule has 0 unspecified atom stereocenters. The summed E-state index contributed by atoms with van der Waals surface area (Å²) in [6.07, 6.45) is 2.06. The van der Waals surface area contributed by atoms with Gasteiger partial charge in [0.15, 0.2) is 0 Å². The van der Waals surface area contributed by atoms with Crippen molar-refractivity contribution < 1.29 is 9.53 Å². The highest BCUT2D eigenvalue weighted by Gasteiger charge is 2.36. The maximum Gasteiger partial charge on any atom is 0.323 e. The summed E-state index contributed by atoms with van der Waals surface area (Å²) in [7, 11) is 0. The molecule has 1 atom stereocenters. The summed E-state index contributed by atoms with van der Waals surface area (Å²) in [6.45, 7) is 6.92. The van der Waals surface area contributed by atoms with E-state index in [1.807, 2.05) is 90.2 Å². The fourth-order valence-electron chi connectivity index (χ4n) is 5.38. The molecule has 3 aromatic carbocycles. The molecule has 1 N–H and O–H groups in total. The number of amides is 2. The number of benzene rings is 3. The van der Waals surface area contributed by atoms with Crippen molar-refractivity contribution in [3.05, 3.63) is 125 Å². The molecular formula is C32H31N5O2. The van der Waals surface area contributed by atoms with E-state index in [1.165, 1.54) is 0 Å². The Hall–Kier alpha value is -4.78. The summed E-state index contributed by atoms with van der Waals surface area (Å²) in [5.41, 5.74) is 6.67. The SMILES string of the molecule is CCOc1ccccc1NC(=O)N1Cc2c(C)nn(-c3ccccc3)c2-n2cccc2[C@H]1c1cccc(C)c1. The number of hydrogen-bond acceptors (Lipinski definition) is 3. The molecule has 0 radical (unpaired) electrons. The number of aromatic nitrogens is 3. The van der Waals surface area contributed by atoms with Crippen LogP contribution in [-0.2, 0) is 6.54 Å². The molecule has 7 nitrogen and oxygen atoms in total. The first-order valence-electron chi connectivity index (χ1n) is 13.2. The number of ether oxygens (including phenoxy) is 1. The molecule has 0 bridgehead atoms. The second-order valence-electron chi connectivity index (χ2n) is 9.74. The largest absolute Gasteiger partial charge is 0.492 e. The van der Waals surface area contributed by atoms with Crippen LogP contribution in [0.2, 0.25) is 0 Å². The predicted octanol–water partition coefficient (Wildman–Crippen LogP) is 6.82. The molecule has 1 aliphatic rings. The van der Waals surface area contributed by atoms with E-state index in [9.17, 15) is 4.79 Å². The Balaban J connectivity index is 1.52. The Morgan fingerprint density at radius 1 is 0.974 bits per heavy atom. The molecule has 0 aliphatic carbocycles. The number of fused-ring (bicyclic) bond motifs is 3.